The molecule has 0 N–H and O–H groups in total. The summed E-state index contributed by atoms with van der Waals surface area (Å²) in [5.41, 5.74) is 16.8. The third-order valence-corrected chi connectivity index (χ3v) is 13.0. The Hall–Kier alpha value is -8.74. The van der Waals surface area contributed by atoms with Gasteiger partial charge in [-0.25, -0.2) is 19.9 Å². The van der Waals surface area contributed by atoms with E-state index in [1.807, 2.05) is 30.3 Å². The van der Waals surface area contributed by atoms with Gasteiger partial charge in [-0.1, -0.05) is 170 Å². The Morgan fingerprint density at radius 1 is 0.323 bits per heavy atom. The lowest BCUT2D eigenvalue weighted by Gasteiger charge is -2.45. The minimum atomic E-state index is -0.614. The fourth-order valence-electron chi connectivity index (χ4n) is 10.3. The Kier molecular flexibility index (Phi) is 8.33. The Labute approximate surface area is 376 Å². The van der Waals surface area contributed by atoms with Gasteiger partial charge in [-0.05, 0) is 94.0 Å². The maximum Gasteiger partial charge on any atom is 0.164 e. The largest absolute Gasteiger partial charge is 0.310 e. The van der Waals surface area contributed by atoms with E-state index < -0.39 is 5.41 Å². The summed E-state index contributed by atoms with van der Waals surface area (Å²) in [6.07, 6.45) is 0. The molecule has 6 nitrogen and oxygen atoms in total. The normalized spacial score (nSPS) is 13.0. The van der Waals surface area contributed by atoms with Crippen LogP contribution in [0.1, 0.15) is 22.3 Å². The number of anilines is 3. The summed E-state index contributed by atoms with van der Waals surface area (Å²) in [4.78, 5) is 23.4. The SMILES string of the molecule is c1ccc(-c2nc(-c3cccc(-c4nc5ccccc5n4-c4ccccc4)c3)nc(-c3ccc4c(c3)C3(c5ccccc5-4)c4ccccc4N(c4ccccc4)c4ccccc43)n2)cc1. The van der Waals surface area contributed by atoms with Crippen LogP contribution in [0.25, 0.3) is 73.4 Å². The van der Waals surface area contributed by atoms with Gasteiger partial charge in [0.15, 0.2) is 17.5 Å². The van der Waals surface area contributed by atoms with Crippen molar-refractivity contribution in [2.45, 2.75) is 5.41 Å². The summed E-state index contributed by atoms with van der Waals surface area (Å²) in [5, 5.41) is 0. The van der Waals surface area contributed by atoms with Gasteiger partial charge in [0, 0.05) is 33.6 Å². The lowest BCUT2D eigenvalue weighted by molar-refractivity contribution is 0.753. The molecule has 2 aromatic heterocycles. The molecule has 9 aromatic carbocycles. The van der Waals surface area contributed by atoms with Gasteiger partial charge >= 0.3 is 0 Å². The first-order valence-corrected chi connectivity index (χ1v) is 22.0. The molecule has 0 unspecified atom stereocenters. The van der Waals surface area contributed by atoms with Crippen LogP contribution in [0.4, 0.5) is 17.1 Å². The highest BCUT2D eigenvalue weighted by Crippen LogP contribution is 2.63. The number of hydrogen-bond donors (Lipinski definition) is 0. The zero-order chi connectivity index (χ0) is 42.9. The molecule has 11 aromatic rings. The molecule has 1 spiro atoms. The summed E-state index contributed by atoms with van der Waals surface area (Å²) >= 11 is 0. The van der Waals surface area contributed by atoms with Gasteiger partial charge in [0.2, 0.25) is 0 Å². The van der Waals surface area contributed by atoms with Crippen LogP contribution in [0.3, 0.4) is 0 Å². The standard InChI is InChI=1S/C59H38N6/c1-4-19-39(20-5-1)55-61-56(40-21-18-22-42(37-40)58-60-51-31-14-17-34-54(51)65(58)44-25-8-3-9-26-44)63-57(62-55)41-35-36-46-45-27-10-11-28-47(45)59(50(46)38-41)48-29-12-15-32-52(48)64(43-23-6-2-7-24-43)53-33-16-13-30-49(53)59/h1-38H. The Morgan fingerprint density at radius 3 is 1.54 bits per heavy atom. The van der Waals surface area contributed by atoms with Crippen LogP contribution in [0, 0.1) is 0 Å². The Bertz CT molecular complexity index is 3570. The quantitative estimate of drug-likeness (QED) is 0.167. The van der Waals surface area contributed by atoms with Gasteiger partial charge < -0.3 is 4.90 Å². The molecule has 65 heavy (non-hydrogen) atoms. The fourth-order valence-corrected chi connectivity index (χ4v) is 10.3. The highest BCUT2D eigenvalue weighted by molar-refractivity contribution is 5.96. The van der Waals surface area contributed by atoms with E-state index in [9.17, 15) is 0 Å². The maximum absolute atomic E-state index is 5.35. The smallest absolute Gasteiger partial charge is 0.164 e. The van der Waals surface area contributed by atoms with Crippen LogP contribution in [0.15, 0.2) is 231 Å². The molecule has 0 saturated heterocycles. The van der Waals surface area contributed by atoms with E-state index in [0.29, 0.717) is 17.5 Å². The number of fused-ring (bicyclic) bond motifs is 10. The molecule has 3 heterocycles. The molecule has 0 bridgehead atoms. The maximum atomic E-state index is 5.35. The average Bonchev–Trinajstić information content (AvgIpc) is 3.92. The van der Waals surface area contributed by atoms with E-state index in [2.05, 4.69) is 210 Å². The summed E-state index contributed by atoms with van der Waals surface area (Å²) in [6, 6.07) is 81.5. The van der Waals surface area contributed by atoms with Crippen molar-refractivity contribution in [3.63, 3.8) is 0 Å². The van der Waals surface area contributed by atoms with Crippen molar-refractivity contribution in [2.24, 2.45) is 0 Å². The van der Waals surface area contributed by atoms with Crippen molar-refractivity contribution in [1.29, 1.82) is 0 Å². The van der Waals surface area contributed by atoms with Crippen LogP contribution in [-0.4, -0.2) is 24.5 Å². The van der Waals surface area contributed by atoms with Gasteiger partial charge in [-0.2, -0.15) is 0 Å². The zero-order valence-corrected chi connectivity index (χ0v) is 35.1. The van der Waals surface area contributed by atoms with Gasteiger partial charge in [-0.3, -0.25) is 4.57 Å². The van der Waals surface area contributed by atoms with Gasteiger partial charge in [0.1, 0.15) is 5.82 Å². The molecular weight excluding hydrogens is 793 g/mol. The number of hydrogen-bond acceptors (Lipinski definition) is 5. The minimum absolute atomic E-state index is 0.587. The van der Waals surface area contributed by atoms with Crippen LogP contribution < -0.4 is 4.90 Å². The highest BCUT2D eigenvalue weighted by Gasteiger charge is 2.51. The van der Waals surface area contributed by atoms with Crippen molar-refractivity contribution >= 4 is 28.1 Å². The number of imidazole rings is 1. The Balaban J connectivity index is 1.02. The van der Waals surface area contributed by atoms with Gasteiger partial charge in [-0.15, -0.1) is 0 Å². The summed E-state index contributed by atoms with van der Waals surface area (Å²) < 4.78 is 2.22. The summed E-state index contributed by atoms with van der Waals surface area (Å²) in [7, 11) is 0. The first-order valence-electron chi connectivity index (χ1n) is 22.0. The summed E-state index contributed by atoms with van der Waals surface area (Å²) in [5.74, 6) is 2.65. The Morgan fingerprint density at radius 2 is 0.831 bits per heavy atom. The minimum Gasteiger partial charge on any atom is -0.310 e. The number of benzene rings is 9. The predicted molar refractivity (Wildman–Crippen MR) is 262 cm³/mol. The second kappa shape index (κ2) is 14.7. The molecule has 0 radical (unpaired) electrons. The molecule has 0 atom stereocenters. The second-order valence-corrected chi connectivity index (χ2v) is 16.6. The molecule has 1 aliphatic carbocycles. The number of rotatable bonds is 6. The molecular formula is C59H38N6. The van der Waals surface area contributed by atoms with Gasteiger partial charge in [0.25, 0.3) is 0 Å². The highest BCUT2D eigenvalue weighted by atomic mass is 15.2. The van der Waals surface area contributed by atoms with Gasteiger partial charge in [0.05, 0.1) is 27.8 Å². The monoisotopic (exact) mass is 830 g/mol. The van der Waals surface area contributed by atoms with E-state index >= 15 is 0 Å². The van der Waals surface area contributed by atoms with Crippen molar-refractivity contribution < 1.29 is 0 Å². The lowest BCUT2D eigenvalue weighted by Crippen LogP contribution is -2.36. The number of para-hydroxylation sites is 6. The topological polar surface area (TPSA) is 59.7 Å². The molecule has 0 amide bonds. The molecule has 0 fully saturated rings. The van der Waals surface area contributed by atoms with Crippen molar-refractivity contribution in [2.75, 3.05) is 4.90 Å². The first-order chi connectivity index (χ1) is 32.2. The van der Waals surface area contributed by atoms with Crippen LogP contribution in [0.2, 0.25) is 0 Å². The number of nitrogens with zero attached hydrogens (tertiary/aromatic N) is 6. The number of aromatic nitrogens is 5. The molecule has 2 aliphatic rings. The average molecular weight is 831 g/mol. The predicted octanol–water partition coefficient (Wildman–Crippen LogP) is 14.0. The van der Waals surface area contributed by atoms with E-state index in [1.165, 1.54) is 33.4 Å². The van der Waals surface area contributed by atoms with Crippen LogP contribution >= 0.6 is 0 Å². The molecule has 1 aliphatic heterocycles. The van der Waals surface area contributed by atoms with E-state index in [4.69, 9.17) is 19.9 Å². The molecule has 13 rings (SSSR count). The lowest BCUT2D eigenvalue weighted by atomic mass is 9.64. The van der Waals surface area contributed by atoms with Crippen LogP contribution in [0.5, 0.6) is 0 Å². The molecule has 0 saturated carbocycles. The van der Waals surface area contributed by atoms with Crippen molar-refractivity contribution in [1.82, 2.24) is 24.5 Å². The van der Waals surface area contributed by atoms with Crippen LogP contribution in [-0.2, 0) is 5.41 Å². The third-order valence-electron chi connectivity index (χ3n) is 13.0. The first kappa shape index (κ1) is 36.9. The van der Waals surface area contributed by atoms with E-state index in [1.54, 1.807) is 0 Å². The zero-order valence-electron chi connectivity index (χ0n) is 35.1. The van der Waals surface area contributed by atoms with E-state index in [-0.39, 0.29) is 0 Å². The molecule has 6 heteroatoms. The van der Waals surface area contributed by atoms with E-state index in [0.717, 1.165) is 61.9 Å². The third kappa shape index (κ3) is 5.67. The summed E-state index contributed by atoms with van der Waals surface area (Å²) in [6.45, 7) is 0. The van der Waals surface area contributed by atoms with Crippen molar-refractivity contribution in [3.8, 4) is 62.4 Å². The van der Waals surface area contributed by atoms with Crippen molar-refractivity contribution in [3.05, 3.63) is 253 Å². The fraction of sp³-hybridized carbons (Fsp3) is 0.0169. The molecule has 304 valence electrons. The second-order valence-electron chi connectivity index (χ2n) is 16.6.